The van der Waals surface area contributed by atoms with Gasteiger partial charge in [0.2, 0.25) is 0 Å². The number of halogens is 1. The van der Waals surface area contributed by atoms with E-state index in [1.165, 1.54) is 6.34 Å². The van der Waals surface area contributed by atoms with Gasteiger partial charge >= 0.3 is 0 Å². The summed E-state index contributed by atoms with van der Waals surface area (Å²) in [5, 5.41) is 12.9. The maximum atomic E-state index is 9.39. The van der Waals surface area contributed by atoms with Gasteiger partial charge in [-0.05, 0) is 6.07 Å². The Balaban J connectivity index is 2.57. The average molecular weight is 183 g/mol. The van der Waals surface area contributed by atoms with Crippen molar-refractivity contribution in [3.8, 4) is 0 Å². The zero-order valence-corrected chi connectivity index (χ0v) is 6.92. The van der Waals surface area contributed by atoms with Crippen molar-refractivity contribution in [2.75, 3.05) is 5.32 Å². The first-order valence-electron chi connectivity index (χ1n) is 3.53. The van der Waals surface area contributed by atoms with E-state index in [0.717, 1.165) is 5.69 Å². The molecule has 2 N–H and O–H groups in total. The lowest BCUT2D eigenvalue weighted by Gasteiger charge is -2.17. The number of aliphatic hydroxyl groups is 1. The van der Waals surface area contributed by atoms with Crippen LogP contribution in [-0.4, -0.2) is 11.4 Å². The minimum Gasteiger partial charge on any atom is -0.368 e. The van der Waals surface area contributed by atoms with Crippen molar-refractivity contribution in [3.05, 3.63) is 28.8 Å². The van der Waals surface area contributed by atoms with Crippen LogP contribution in [0.25, 0.3) is 0 Å². The zero-order valence-electron chi connectivity index (χ0n) is 6.16. The van der Waals surface area contributed by atoms with Gasteiger partial charge in [-0.3, -0.25) is 0 Å². The Labute approximate surface area is 74.7 Å². The van der Waals surface area contributed by atoms with Crippen LogP contribution in [0.4, 0.5) is 5.69 Å². The van der Waals surface area contributed by atoms with Gasteiger partial charge in [0.15, 0.2) is 6.23 Å². The highest BCUT2D eigenvalue weighted by Crippen LogP contribution is 2.32. The topological polar surface area (TPSA) is 44.6 Å². The molecule has 1 heterocycles. The highest BCUT2D eigenvalue weighted by Gasteiger charge is 2.15. The van der Waals surface area contributed by atoms with Gasteiger partial charge in [0, 0.05) is 5.56 Å². The van der Waals surface area contributed by atoms with Crippen LogP contribution in [0.1, 0.15) is 11.8 Å². The lowest BCUT2D eigenvalue weighted by molar-refractivity contribution is 0.189. The first kappa shape index (κ1) is 7.58. The molecule has 1 aromatic carbocycles. The molecule has 1 aromatic rings. The monoisotopic (exact) mass is 182 g/mol. The summed E-state index contributed by atoms with van der Waals surface area (Å²) < 4.78 is 0. The van der Waals surface area contributed by atoms with E-state index in [0.29, 0.717) is 10.6 Å². The number of nitrogens with one attached hydrogen (secondary N) is 1. The molecule has 0 radical (unpaired) electrons. The summed E-state index contributed by atoms with van der Waals surface area (Å²) in [4.78, 5) is 3.77. The van der Waals surface area contributed by atoms with Crippen molar-refractivity contribution in [3.63, 3.8) is 0 Å². The van der Waals surface area contributed by atoms with Crippen molar-refractivity contribution >= 4 is 23.6 Å². The molecule has 12 heavy (non-hydrogen) atoms. The number of para-hydroxylation sites is 1. The third-order valence-electron chi connectivity index (χ3n) is 1.75. The molecule has 0 saturated carbocycles. The van der Waals surface area contributed by atoms with E-state index in [9.17, 15) is 5.11 Å². The molecule has 0 fully saturated rings. The van der Waals surface area contributed by atoms with Crippen molar-refractivity contribution in [1.82, 2.24) is 0 Å². The Morgan fingerprint density at radius 2 is 2.33 bits per heavy atom. The van der Waals surface area contributed by atoms with Crippen molar-refractivity contribution < 1.29 is 5.11 Å². The molecule has 3 nitrogen and oxygen atoms in total. The van der Waals surface area contributed by atoms with Crippen LogP contribution in [0.5, 0.6) is 0 Å². The fourth-order valence-corrected chi connectivity index (χ4v) is 1.40. The minimum atomic E-state index is -0.792. The van der Waals surface area contributed by atoms with Crippen LogP contribution < -0.4 is 5.32 Å². The minimum absolute atomic E-state index is 0.595. The molecule has 2 rings (SSSR count). The molecule has 1 aliphatic rings. The maximum Gasteiger partial charge on any atom is 0.175 e. The Hall–Kier alpha value is -1.06. The Bertz CT molecular complexity index is 338. The largest absolute Gasteiger partial charge is 0.368 e. The van der Waals surface area contributed by atoms with Crippen LogP contribution in [0.15, 0.2) is 23.2 Å². The Kier molecular flexibility index (Phi) is 1.75. The molecular formula is C8H7ClN2O. The lowest BCUT2D eigenvalue weighted by Crippen LogP contribution is -2.09. The van der Waals surface area contributed by atoms with Gasteiger partial charge in [-0.15, -0.1) is 0 Å². The summed E-state index contributed by atoms with van der Waals surface area (Å²) in [6.07, 6.45) is 0.652. The number of aliphatic hydroxyl groups excluding tert-OH is 1. The average Bonchev–Trinajstić information content (AvgIpc) is 2.07. The number of aliphatic imine (C=N–C) groups is 1. The summed E-state index contributed by atoms with van der Waals surface area (Å²) in [5.41, 5.74) is 1.45. The van der Waals surface area contributed by atoms with Gasteiger partial charge in [0.05, 0.1) is 17.0 Å². The molecule has 0 aromatic heterocycles. The number of hydrogen-bond donors (Lipinski definition) is 2. The predicted molar refractivity (Wildman–Crippen MR) is 48.5 cm³/mol. The molecule has 0 saturated heterocycles. The van der Waals surface area contributed by atoms with E-state index in [-0.39, 0.29) is 0 Å². The van der Waals surface area contributed by atoms with E-state index in [1.54, 1.807) is 18.2 Å². The highest BCUT2D eigenvalue weighted by molar-refractivity contribution is 6.33. The Morgan fingerprint density at radius 1 is 1.50 bits per heavy atom. The second kappa shape index (κ2) is 2.77. The van der Waals surface area contributed by atoms with Gasteiger partial charge < -0.3 is 10.4 Å². The maximum absolute atomic E-state index is 9.39. The van der Waals surface area contributed by atoms with E-state index < -0.39 is 6.23 Å². The second-order valence-electron chi connectivity index (χ2n) is 2.50. The summed E-state index contributed by atoms with van der Waals surface area (Å²) in [5.74, 6) is 0. The van der Waals surface area contributed by atoms with E-state index in [1.807, 2.05) is 0 Å². The van der Waals surface area contributed by atoms with Gasteiger partial charge in [-0.2, -0.15) is 0 Å². The van der Waals surface area contributed by atoms with Gasteiger partial charge in [0.1, 0.15) is 0 Å². The predicted octanol–water partition coefficient (Wildman–Crippen LogP) is 1.78. The quantitative estimate of drug-likeness (QED) is 0.643. The molecule has 4 heteroatoms. The van der Waals surface area contributed by atoms with E-state index in [4.69, 9.17) is 11.6 Å². The molecule has 0 amide bonds. The van der Waals surface area contributed by atoms with Crippen LogP contribution in [0.3, 0.4) is 0 Å². The molecule has 1 unspecified atom stereocenters. The number of nitrogens with zero attached hydrogens (tertiary/aromatic N) is 1. The smallest absolute Gasteiger partial charge is 0.175 e. The summed E-state index contributed by atoms with van der Waals surface area (Å²) >= 11 is 5.87. The molecule has 0 bridgehead atoms. The number of rotatable bonds is 0. The third kappa shape index (κ3) is 1.07. The summed E-state index contributed by atoms with van der Waals surface area (Å²) in [6, 6.07) is 5.33. The molecule has 1 aliphatic heterocycles. The van der Waals surface area contributed by atoms with Gasteiger partial charge in [-0.1, -0.05) is 23.7 Å². The molecule has 1 atom stereocenters. The fourth-order valence-electron chi connectivity index (χ4n) is 1.16. The first-order chi connectivity index (χ1) is 5.79. The number of hydrogen-bond acceptors (Lipinski definition) is 3. The second-order valence-corrected chi connectivity index (χ2v) is 2.91. The molecule has 0 spiro atoms. The SMILES string of the molecule is OC1N=CNc2c(Cl)cccc21. The van der Waals surface area contributed by atoms with E-state index in [2.05, 4.69) is 10.3 Å². The van der Waals surface area contributed by atoms with Crippen LogP contribution in [-0.2, 0) is 0 Å². The zero-order chi connectivity index (χ0) is 8.55. The molecular weight excluding hydrogens is 176 g/mol. The normalized spacial score (nSPS) is 20.0. The van der Waals surface area contributed by atoms with Crippen LogP contribution >= 0.6 is 11.6 Å². The summed E-state index contributed by atoms with van der Waals surface area (Å²) in [7, 11) is 0. The number of fused-ring (bicyclic) bond motifs is 1. The van der Waals surface area contributed by atoms with Crippen LogP contribution in [0, 0.1) is 0 Å². The Morgan fingerprint density at radius 3 is 3.08 bits per heavy atom. The molecule has 0 aliphatic carbocycles. The highest BCUT2D eigenvalue weighted by atomic mass is 35.5. The standard InChI is InChI=1S/C8H7ClN2O/c9-6-3-1-2-5-7(6)10-4-11-8(5)12/h1-4,8,12H,(H,10,11). The van der Waals surface area contributed by atoms with Gasteiger partial charge in [-0.25, -0.2) is 4.99 Å². The summed E-state index contributed by atoms with van der Waals surface area (Å²) in [6.45, 7) is 0. The van der Waals surface area contributed by atoms with Gasteiger partial charge in [0.25, 0.3) is 0 Å². The fraction of sp³-hybridized carbons (Fsp3) is 0.125. The van der Waals surface area contributed by atoms with Crippen molar-refractivity contribution in [1.29, 1.82) is 0 Å². The first-order valence-corrected chi connectivity index (χ1v) is 3.91. The molecule has 62 valence electrons. The van der Waals surface area contributed by atoms with Crippen molar-refractivity contribution in [2.45, 2.75) is 6.23 Å². The lowest BCUT2D eigenvalue weighted by atomic mass is 10.1. The number of anilines is 1. The van der Waals surface area contributed by atoms with Crippen LogP contribution in [0.2, 0.25) is 5.02 Å². The number of benzene rings is 1. The third-order valence-corrected chi connectivity index (χ3v) is 2.06. The van der Waals surface area contributed by atoms with Crippen molar-refractivity contribution in [2.24, 2.45) is 4.99 Å². The van der Waals surface area contributed by atoms with E-state index >= 15 is 0 Å².